The molecule has 5 nitrogen and oxygen atoms in total. The van der Waals surface area contributed by atoms with E-state index in [1.54, 1.807) is 6.20 Å². The summed E-state index contributed by atoms with van der Waals surface area (Å²) in [5, 5.41) is 0. The molecule has 2 N–H and O–H groups in total. The van der Waals surface area contributed by atoms with E-state index >= 15 is 0 Å². The molecule has 2 aromatic rings. The third kappa shape index (κ3) is 2.37. The molecule has 3 rings (SSSR count). The van der Waals surface area contributed by atoms with Crippen molar-refractivity contribution in [1.82, 2.24) is 14.4 Å². The zero-order valence-corrected chi connectivity index (χ0v) is 11.4. The number of nitrogens with two attached hydrogens (primary N) is 1. The van der Waals surface area contributed by atoms with E-state index in [1.807, 2.05) is 16.8 Å². The van der Waals surface area contributed by atoms with Crippen molar-refractivity contribution in [2.45, 2.75) is 32.6 Å². The zero-order valence-electron chi connectivity index (χ0n) is 11.4. The standard InChI is InChI=1S/C14H21N5/c1-2-11-4-3-7-18(8-5-11)14-13-16-6-9-19(13)10-12(15)17-14/h6,9-11H,2-5,7-8,15H2,1H3. The summed E-state index contributed by atoms with van der Waals surface area (Å²) in [5.41, 5.74) is 6.80. The molecule has 0 bridgehead atoms. The molecule has 1 atom stereocenters. The number of anilines is 2. The van der Waals surface area contributed by atoms with E-state index in [0.29, 0.717) is 5.82 Å². The Morgan fingerprint density at radius 2 is 2.26 bits per heavy atom. The zero-order chi connectivity index (χ0) is 13.2. The third-order valence-electron chi connectivity index (χ3n) is 4.10. The van der Waals surface area contributed by atoms with Gasteiger partial charge in [-0.3, -0.25) is 0 Å². The maximum Gasteiger partial charge on any atom is 0.180 e. The van der Waals surface area contributed by atoms with E-state index in [0.717, 1.165) is 30.5 Å². The number of nitrogens with zero attached hydrogens (tertiary/aromatic N) is 4. The molecule has 1 fully saturated rings. The molecule has 19 heavy (non-hydrogen) atoms. The Morgan fingerprint density at radius 1 is 1.37 bits per heavy atom. The highest BCUT2D eigenvalue weighted by Crippen LogP contribution is 2.26. The number of imidazole rings is 1. The van der Waals surface area contributed by atoms with Crippen LogP contribution >= 0.6 is 0 Å². The maximum atomic E-state index is 5.90. The van der Waals surface area contributed by atoms with Gasteiger partial charge in [0.05, 0.1) is 6.20 Å². The average Bonchev–Trinajstić information content (AvgIpc) is 2.74. The van der Waals surface area contributed by atoms with Gasteiger partial charge in [0, 0.05) is 25.5 Å². The monoisotopic (exact) mass is 259 g/mol. The number of hydrogen-bond acceptors (Lipinski definition) is 4. The van der Waals surface area contributed by atoms with Gasteiger partial charge in [0.2, 0.25) is 0 Å². The second-order valence-electron chi connectivity index (χ2n) is 5.34. The Labute approximate surface area is 113 Å². The fraction of sp³-hybridized carbons (Fsp3) is 0.571. The van der Waals surface area contributed by atoms with Gasteiger partial charge in [0.25, 0.3) is 0 Å². The summed E-state index contributed by atoms with van der Waals surface area (Å²) in [5.74, 6) is 2.33. The first kappa shape index (κ1) is 12.3. The van der Waals surface area contributed by atoms with Gasteiger partial charge in [-0.15, -0.1) is 0 Å². The minimum atomic E-state index is 0.553. The van der Waals surface area contributed by atoms with E-state index in [4.69, 9.17) is 5.73 Å². The first-order valence-corrected chi connectivity index (χ1v) is 7.12. The summed E-state index contributed by atoms with van der Waals surface area (Å²) < 4.78 is 1.96. The van der Waals surface area contributed by atoms with E-state index in [2.05, 4.69) is 21.8 Å². The number of rotatable bonds is 2. The predicted octanol–water partition coefficient (Wildman–Crippen LogP) is 2.33. The van der Waals surface area contributed by atoms with E-state index in [1.165, 1.54) is 25.7 Å². The van der Waals surface area contributed by atoms with Crippen molar-refractivity contribution in [3.8, 4) is 0 Å². The minimum Gasteiger partial charge on any atom is -0.382 e. The summed E-state index contributed by atoms with van der Waals surface area (Å²) in [4.78, 5) is 11.3. The van der Waals surface area contributed by atoms with Crippen LogP contribution in [0, 0.1) is 5.92 Å². The Morgan fingerprint density at radius 3 is 3.11 bits per heavy atom. The molecular weight excluding hydrogens is 238 g/mol. The molecule has 5 heteroatoms. The van der Waals surface area contributed by atoms with E-state index in [-0.39, 0.29) is 0 Å². The highest BCUT2D eigenvalue weighted by molar-refractivity contribution is 5.66. The average molecular weight is 259 g/mol. The molecule has 1 aliphatic rings. The molecule has 3 heterocycles. The van der Waals surface area contributed by atoms with Crippen molar-refractivity contribution in [2.75, 3.05) is 23.7 Å². The van der Waals surface area contributed by atoms with Crippen LogP contribution < -0.4 is 10.6 Å². The SMILES string of the molecule is CCC1CCCN(c2nc(N)cn3ccnc23)CC1. The first-order chi connectivity index (χ1) is 9.28. The Hall–Kier alpha value is -1.78. The maximum absolute atomic E-state index is 5.90. The van der Waals surface area contributed by atoms with Crippen molar-refractivity contribution < 1.29 is 0 Å². The summed E-state index contributed by atoms with van der Waals surface area (Å²) in [6.45, 7) is 4.39. The van der Waals surface area contributed by atoms with Crippen LogP contribution in [0.15, 0.2) is 18.6 Å². The van der Waals surface area contributed by atoms with Crippen LogP contribution in [-0.4, -0.2) is 27.5 Å². The smallest absolute Gasteiger partial charge is 0.180 e. The molecular formula is C14H21N5. The van der Waals surface area contributed by atoms with Gasteiger partial charge in [-0.1, -0.05) is 13.3 Å². The van der Waals surface area contributed by atoms with Crippen molar-refractivity contribution in [3.05, 3.63) is 18.6 Å². The summed E-state index contributed by atoms with van der Waals surface area (Å²) >= 11 is 0. The molecule has 0 radical (unpaired) electrons. The normalized spacial score (nSPS) is 20.7. The predicted molar refractivity (Wildman–Crippen MR) is 77.2 cm³/mol. The molecule has 0 amide bonds. The molecule has 102 valence electrons. The van der Waals surface area contributed by atoms with Crippen LogP contribution in [0.4, 0.5) is 11.6 Å². The van der Waals surface area contributed by atoms with Gasteiger partial charge in [-0.2, -0.15) is 0 Å². The lowest BCUT2D eigenvalue weighted by molar-refractivity contribution is 0.459. The molecule has 0 saturated carbocycles. The largest absolute Gasteiger partial charge is 0.382 e. The molecule has 0 aromatic carbocycles. The van der Waals surface area contributed by atoms with Crippen molar-refractivity contribution in [1.29, 1.82) is 0 Å². The fourth-order valence-electron chi connectivity index (χ4n) is 2.93. The quantitative estimate of drug-likeness (QED) is 0.899. The number of nitrogen functional groups attached to an aromatic ring is 1. The molecule has 2 aromatic heterocycles. The van der Waals surface area contributed by atoms with Crippen molar-refractivity contribution >= 4 is 17.3 Å². The Bertz CT molecular complexity index is 562. The lowest BCUT2D eigenvalue weighted by atomic mass is 9.98. The highest BCUT2D eigenvalue weighted by Gasteiger charge is 2.19. The second kappa shape index (κ2) is 5.07. The lowest BCUT2D eigenvalue weighted by Gasteiger charge is -2.22. The van der Waals surface area contributed by atoms with Gasteiger partial charge < -0.3 is 15.0 Å². The van der Waals surface area contributed by atoms with Gasteiger partial charge in [-0.25, -0.2) is 9.97 Å². The lowest BCUT2D eigenvalue weighted by Crippen LogP contribution is -2.26. The van der Waals surface area contributed by atoms with Crippen LogP contribution in [0.1, 0.15) is 32.6 Å². The Balaban J connectivity index is 1.93. The summed E-state index contributed by atoms with van der Waals surface area (Å²) in [6.07, 6.45) is 10.6. The van der Waals surface area contributed by atoms with Crippen molar-refractivity contribution in [3.63, 3.8) is 0 Å². The highest BCUT2D eigenvalue weighted by atomic mass is 15.2. The third-order valence-corrected chi connectivity index (χ3v) is 4.10. The molecule has 0 aliphatic carbocycles. The van der Waals surface area contributed by atoms with Gasteiger partial charge in [-0.05, 0) is 25.2 Å². The first-order valence-electron chi connectivity index (χ1n) is 7.12. The number of hydrogen-bond donors (Lipinski definition) is 1. The number of fused-ring (bicyclic) bond motifs is 1. The second-order valence-corrected chi connectivity index (χ2v) is 5.34. The molecule has 0 spiro atoms. The van der Waals surface area contributed by atoms with Crippen molar-refractivity contribution in [2.24, 2.45) is 5.92 Å². The van der Waals surface area contributed by atoms with Gasteiger partial charge >= 0.3 is 0 Å². The van der Waals surface area contributed by atoms with Gasteiger partial charge in [0.1, 0.15) is 5.82 Å². The fourth-order valence-corrected chi connectivity index (χ4v) is 2.93. The summed E-state index contributed by atoms with van der Waals surface area (Å²) in [7, 11) is 0. The minimum absolute atomic E-state index is 0.553. The molecule has 1 aliphatic heterocycles. The van der Waals surface area contributed by atoms with Crippen LogP contribution in [0.3, 0.4) is 0 Å². The van der Waals surface area contributed by atoms with Crippen LogP contribution in [0.2, 0.25) is 0 Å². The molecule has 1 unspecified atom stereocenters. The van der Waals surface area contributed by atoms with Crippen LogP contribution in [0.5, 0.6) is 0 Å². The van der Waals surface area contributed by atoms with Crippen LogP contribution in [0.25, 0.3) is 5.65 Å². The molecule has 1 saturated heterocycles. The van der Waals surface area contributed by atoms with E-state index in [9.17, 15) is 0 Å². The number of aromatic nitrogens is 3. The van der Waals surface area contributed by atoms with Gasteiger partial charge in [0.15, 0.2) is 11.5 Å². The van der Waals surface area contributed by atoms with E-state index < -0.39 is 0 Å². The Kier molecular flexibility index (Phi) is 3.27. The summed E-state index contributed by atoms with van der Waals surface area (Å²) in [6, 6.07) is 0. The van der Waals surface area contributed by atoms with Crippen LogP contribution in [-0.2, 0) is 0 Å². The topological polar surface area (TPSA) is 59.5 Å².